The van der Waals surface area contributed by atoms with Crippen molar-refractivity contribution in [3.63, 3.8) is 0 Å². The molecule has 6 atom stereocenters. The Morgan fingerprint density at radius 2 is 1.58 bits per heavy atom. The molecule has 1 aliphatic carbocycles. The molecule has 7 heteroatoms. The Morgan fingerprint density at radius 3 is 2.13 bits per heavy atom. The third-order valence-electron chi connectivity index (χ3n) is 6.69. The van der Waals surface area contributed by atoms with Crippen LogP contribution < -0.4 is 0 Å². The van der Waals surface area contributed by atoms with Crippen LogP contribution in [-0.2, 0) is 21.8 Å². The summed E-state index contributed by atoms with van der Waals surface area (Å²) in [6.07, 6.45) is 7.64. The molecule has 0 aromatic heterocycles. The van der Waals surface area contributed by atoms with Crippen molar-refractivity contribution >= 4 is 38.6 Å². The van der Waals surface area contributed by atoms with Gasteiger partial charge in [-0.15, -0.1) is 17.3 Å². The minimum atomic E-state index is -1.71. The number of unbranched alkanes of at least 4 members (excludes halogenated alkanes) is 3. The van der Waals surface area contributed by atoms with Crippen molar-refractivity contribution in [2.45, 2.75) is 116 Å². The molecule has 2 rings (SSSR count). The van der Waals surface area contributed by atoms with Crippen LogP contribution in [0, 0.1) is 17.8 Å². The second kappa shape index (κ2) is 13.6. The van der Waals surface area contributed by atoms with Crippen molar-refractivity contribution < 1.29 is 21.8 Å². The summed E-state index contributed by atoms with van der Waals surface area (Å²) in [5, 5.41) is 3.17. The van der Waals surface area contributed by atoms with Gasteiger partial charge in [0.15, 0.2) is 0 Å². The molecule has 0 aromatic rings. The monoisotopic (exact) mass is 542 g/mol. The standard InChI is InChI=1S/C24H46NOSSi.2ClH.Ti/c1-18-19(2)22(21-20(18)14-16-27-21)28(9,25-23(3,4)5)17-13-11-10-12-15-26-24(6,7)8;;;/h14,16,18-22H,10-13,15,17H2,1-9H3;2*1H;/q-1;;;+2/p-2. The average molecular weight is 544 g/mol. The van der Waals surface area contributed by atoms with Crippen molar-refractivity contribution in [1.29, 1.82) is 0 Å². The Labute approximate surface area is 215 Å². The summed E-state index contributed by atoms with van der Waals surface area (Å²) in [6.45, 7) is 21.9. The van der Waals surface area contributed by atoms with E-state index in [0.717, 1.165) is 35.2 Å². The van der Waals surface area contributed by atoms with Gasteiger partial charge in [-0.1, -0.05) is 80.8 Å². The number of ether oxygens (including phenoxy) is 1. The van der Waals surface area contributed by atoms with Crippen molar-refractivity contribution in [3.8, 4) is 0 Å². The predicted octanol–water partition coefficient (Wildman–Crippen LogP) is 9.39. The Kier molecular flexibility index (Phi) is 13.4. The van der Waals surface area contributed by atoms with Crippen LogP contribution >= 0.6 is 30.4 Å². The van der Waals surface area contributed by atoms with Crippen LogP contribution in [0.1, 0.15) is 81.1 Å². The maximum atomic E-state index is 5.88. The Balaban J connectivity index is 0.00000151. The first kappa shape index (κ1) is 30.6. The zero-order chi connectivity index (χ0) is 23.9. The van der Waals surface area contributed by atoms with Crippen LogP contribution in [-0.4, -0.2) is 31.2 Å². The fraction of sp³-hybridized carbons (Fsp3) is 0.917. The maximum absolute atomic E-state index is 5.88. The summed E-state index contributed by atoms with van der Waals surface area (Å²) in [5.41, 5.74) is 0.894. The molecule has 0 aromatic carbocycles. The quantitative estimate of drug-likeness (QED) is 0.214. The van der Waals surface area contributed by atoms with E-state index in [-0.39, 0.29) is 11.1 Å². The first-order valence-electron chi connectivity index (χ1n) is 11.9. The molecule has 31 heavy (non-hydrogen) atoms. The van der Waals surface area contributed by atoms with Gasteiger partial charge in [-0.25, -0.2) is 0 Å². The van der Waals surface area contributed by atoms with Crippen LogP contribution in [0.3, 0.4) is 0 Å². The molecular weight excluding hydrogens is 497 g/mol. The number of allylic oxidation sites excluding steroid dienone is 1. The number of rotatable bonds is 9. The average Bonchev–Trinajstić information content (AvgIpc) is 3.15. The molecule has 0 N–H and O–H groups in total. The first-order valence-corrected chi connectivity index (χ1v) is 19.9. The number of halogens is 2. The molecule has 2 aliphatic rings. The molecule has 182 valence electrons. The number of hydrogen-bond acceptors (Lipinski definition) is 2. The SMILES string of the molecule is CC1C(C)C([Si](C)(CCCCCCOC(C)(C)C)[N-]C(C)(C)C)C2SC=CC12.[Cl][Ti][Cl]. The molecule has 1 aliphatic heterocycles. The summed E-state index contributed by atoms with van der Waals surface area (Å²) < 4.78 is 5.88. The van der Waals surface area contributed by atoms with E-state index in [0.29, 0.717) is 0 Å². The van der Waals surface area contributed by atoms with E-state index >= 15 is 0 Å². The second-order valence-electron chi connectivity index (χ2n) is 11.6. The molecule has 0 saturated heterocycles. The summed E-state index contributed by atoms with van der Waals surface area (Å²) in [5.74, 6) is 2.38. The molecule has 0 spiro atoms. The molecule has 1 heterocycles. The molecule has 0 radical (unpaired) electrons. The number of nitrogens with zero attached hydrogens (tertiary/aromatic N) is 1. The third kappa shape index (κ3) is 10.3. The van der Waals surface area contributed by atoms with Gasteiger partial charge >= 0.3 is 35.6 Å². The van der Waals surface area contributed by atoms with Crippen molar-refractivity contribution in [3.05, 3.63) is 16.5 Å². The number of thioether (sulfide) groups is 1. The molecule has 0 amide bonds. The van der Waals surface area contributed by atoms with Crippen LogP contribution in [0.25, 0.3) is 4.98 Å². The minimum absolute atomic E-state index is 0.00406. The van der Waals surface area contributed by atoms with E-state index in [1.807, 2.05) is 0 Å². The van der Waals surface area contributed by atoms with Gasteiger partial charge in [0, 0.05) is 11.9 Å². The van der Waals surface area contributed by atoms with Crippen molar-refractivity contribution in [2.75, 3.05) is 6.61 Å². The van der Waals surface area contributed by atoms with E-state index < -0.39 is 25.3 Å². The third-order valence-corrected chi connectivity index (χ3v) is 13.0. The first-order chi connectivity index (χ1) is 14.3. The Bertz CT molecular complexity index is 555. The van der Waals surface area contributed by atoms with Crippen LogP contribution in [0.2, 0.25) is 18.1 Å². The summed E-state index contributed by atoms with van der Waals surface area (Å²) in [4.78, 5) is 5.61. The number of hydrogen-bond donors (Lipinski definition) is 0. The Hall–Kier alpha value is 1.52. The van der Waals surface area contributed by atoms with Gasteiger partial charge in [0.05, 0.1) is 5.60 Å². The van der Waals surface area contributed by atoms with Gasteiger partial charge in [-0.05, 0) is 55.9 Å². The van der Waals surface area contributed by atoms with Gasteiger partial charge < -0.3 is 9.72 Å². The summed E-state index contributed by atoms with van der Waals surface area (Å²) >= 11 is 1.56. The zero-order valence-corrected chi connectivity index (χ0v) is 26.2. The van der Waals surface area contributed by atoms with Crippen LogP contribution in [0.5, 0.6) is 0 Å². The van der Waals surface area contributed by atoms with Gasteiger partial charge in [0.1, 0.15) is 0 Å². The number of fused-ring (bicyclic) bond motifs is 1. The topological polar surface area (TPSA) is 23.3 Å². The van der Waals surface area contributed by atoms with Gasteiger partial charge in [0.25, 0.3) is 0 Å². The second-order valence-corrected chi connectivity index (χ2v) is 19.4. The summed E-state index contributed by atoms with van der Waals surface area (Å²) in [6, 6.07) is 1.36. The summed E-state index contributed by atoms with van der Waals surface area (Å²) in [7, 11) is 8.07. The predicted molar refractivity (Wildman–Crippen MR) is 142 cm³/mol. The van der Waals surface area contributed by atoms with Gasteiger partial charge in [-0.2, -0.15) is 0 Å². The van der Waals surface area contributed by atoms with Crippen LogP contribution in [0.15, 0.2) is 11.5 Å². The Morgan fingerprint density at radius 1 is 1.00 bits per heavy atom. The van der Waals surface area contributed by atoms with Crippen molar-refractivity contribution in [2.24, 2.45) is 17.8 Å². The van der Waals surface area contributed by atoms with Gasteiger partial charge in [-0.3, -0.25) is 0 Å². The van der Waals surface area contributed by atoms with E-state index in [4.69, 9.17) is 28.3 Å². The van der Waals surface area contributed by atoms with Crippen molar-refractivity contribution in [1.82, 2.24) is 0 Å². The van der Waals surface area contributed by atoms with E-state index in [1.165, 1.54) is 31.7 Å². The molecule has 0 bridgehead atoms. The normalized spacial score (nSPS) is 29.8. The van der Waals surface area contributed by atoms with Gasteiger partial charge in [0.2, 0.25) is 0 Å². The molecule has 1 fully saturated rings. The fourth-order valence-corrected chi connectivity index (χ4v) is 13.5. The van der Waals surface area contributed by atoms with E-state index in [1.54, 1.807) is 0 Å². The molecule has 1 saturated carbocycles. The van der Waals surface area contributed by atoms with E-state index in [9.17, 15) is 0 Å². The zero-order valence-electron chi connectivity index (χ0n) is 21.3. The molecular formula is C24H46Cl2NOSSiTi-. The fourth-order valence-electron chi connectivity index (χ4n) is 5.50. The van der Waals surface area contributed by atoms with E-state index in [2.05, 4.69) is 85.2 Å². The van der Waals surface area contributed by atoms with Crippen LogP contribution in [0.4, 0.5) is 0 Å². The molecule has 2 nitrogen and oxygen atoms in total. The molecule has 6 unspecified atom stereocenters.